The molecular formula is C18H15NO6. The van der Waals surface area contributed by atoms with E-state index in [0.717, 1.165) is 0 Å². The number of hydrogen-bond acceptors (Lipinski definition) is 6. The molecular weight excluding hydrogens is 326 g/mol. The van der Waals surface area contributed by atoms with Crippen molar-refractivity contribution in [2.45, 2.75) is 6.61 Å². The molecule has 128 valence electrons. The van der Waals surface area contributed by atoms with Crippen LogP contribution >= 0.6 is 0 Å². The molecule has 0 aromatic heterocycles. The van der Waals surface area contributed by atoms with E-state index in [9.17, 15) is 19.7 Å². The zero-order chi connectivity index (χ0) is 18.2. The van der Waals surface area contributed by atoms with Crippen LogP contribution in [0.1, 0.15) is 21.5 Å². The van der Waals surface area contributed by atoms with Gasteiger partial charge in [0.05, 0.1) is 17.6 Å². The highest BCUT2D eigenvalue weighted by molar-refractivity contribution is 5.89. The first-order valence-electron chi connectivity index (χ1n) is 7.26. The Labute approximate surface area is 143 Å². The Kier molecular flexibility index (Phi) is 6.00. The van der Waals surface area contributed by atoms with Gasteiger partial charge in [-0.1, -0.05) is 12.1 Å². The van der Waals surface area contributed by atoms with E-state index < -0.39 is 16.9 Å². The van der Waals surface area contributed by atoms with Crippen molar-refractivity contribution in [2.24, 2.45) is 0 Å². The molecule has 2 aromatic carbocycles. The molecule has 0 spiro atoms. The Balaban J connectivity index is 1.92. The van der Waals surface area contributed by atoms with Crippen molar-refractivity contribution >= 4 is 23.7 Å². The van der Waals surface area contributed by atoms with Crippen LogP contribution in [0.3, 0.4) is 0 Å². The highest BCUT2D eigenvalue weighted by Crippen LogP contribution is 2.13. The monoisotopic (exact) mass is 341 g/mol. The van der Waals surface area contributed by atoms with Crippen molar-refractivity contribution in [1.82, 2.24) is 0 Å². The predicted octanol–water partition coefficient (Wildman–Crippen LogP) is 3.14. The van der Waals surface area contributed by atoms with E-state index in [1.54, 1.807) is 24.3 Å². The molecule has 0 N–H and O–H groups in total. The van der Waals surface area contributed by atoms with Crippen LogP contribution in [0, 0.1) is 10.1 Å². The zero-order valence-electron chi connectivity index (χ0n) is 13.4. The number of esters is 2. The van der Waals surface area contributed by atoms with Gasteiger partial charge in [0.1, 0.15) is 6.61 Å². The minimum absolute atomic E-state index is 0.00820. The van der Waals surface area contributed by atoms with Gasteiger partial charge in [-0.25, -0.2) is 9.59 Å². The molecule has 0 aliphatic rings. The Hall–Kier alpha value is -3.48. The van der Waals surface area contributed by atoms with E-state index in [1.807, 2.05) is 0 Å². The van der Waals surface area contributed by atoms with Crippen molar-refractivity contribution in [3.05, 3.63) is 81.4 Å². The number of carbonyl (C=O) groups is 2. The average Bonchev–Trinajstić information content (AvgIpc) is 2.64. The smallest absolute Gasteiger partial charge is 0.337 e. The molecule has 0 bridgehead atoms. The molecule has 0 amide bonds. The summed E-state index contributed by atoms with van der Waals surface area (Å²) in [6, 6.07) is 12.3. The van der Waals surface area contributed by atoms with Crippen LogP contribution in [-0.2, 0) is 20.9 Å². The Bertz CT molecular complexity index is 811. The summed E-state index contributed by atoms with van der Waals surface area (Å²) in [5.74, 6) is -1.03. The van der Waals surface area contributed by atoms with Crippen molar-refractivity contribution in [1.29, 1.82) is 0 Å². The third-order valence-electron chi connectivity index (χ3n) is 3.24. The fraction of sp³-hybridized carbons (Fsp3) is 0.111. The second kappa shape index (κ2) is 8.39. The van der Waals surface area contributed by atoms with Gasteiger partial charge in [0.25, 0.3) is 5.69 Å². The first-order valence-corrected chi connectivity index (χ1v) is 7.26. The van der Waals surface area contributed by atoms with E-state index in [-0.39, 0.29) is 12.3 Å². The summed E-state index contributed by atoms with van der Waals surface area (Å²) in [5.41, 5.74) is 1.64. The summed E-state index contributed by atoms with van der Waals surface area (Å²) in [4.78, 5) is 33.2. The number of benzene rings is 2. The molecule has 7 heteroatoms. The molecule has 0 unspecified atom stereocenters. The molecule has 25 heavy (non-hydrogen) atoms. The standard InChI is InChI=1S/C18H15NO6/c1-24-18(21)15-4-2-3-14(11-15)12-25-17(20)10-7-13-5-8-16(9-6-13)19(22)23/h2-11H,12H2,1H3/b10-7+. The normalized spacial score (nSPS) is 10.4. The van der Waals surface area contributed by atoms with Crippen molar-refractivity contribution in [3.8, 4) is 0 Å². The lowest BCUT2D eigenvalue weighted by Crippen LogP contribution is -2.04. The van der Waals surface area contributed by atoms with Crippen LogP contribution in [-0.4, -0.2) is 24.0 Å². The molecule has 2 rings (SSSR count). The van der Waals surface area contributed by atoms with Crippen LogP contribution in [0.4, 0.5) is 5.69 Å². The van der Waals surface area contributed by atoms with Crippen LogP contribution in [0.2, 0.25) is 0 Å². The van der Waals surface area contributed by atoms with E-state index in [2.05, 4.69) is 4.74 Å². The molecule has 0 radical (unpaired) electrons. The SMILES string of the molecule is COC(=O)c1cccc(COC(=O)/C=C/c2ccc([N+](=O)[O-])cc2)c1. The lowest BCUT2D eigenvalue weighted by Gasteiger charge is -2.04. The van der Waals surface area contributed by atoms with E-state index in [0.29, 0.717) is 16.7 Å². The van der Waals surface area contributed by atoms with Gasteiger partial charge in [0.2, 0.25) is 0 Å². The van der Waals surface area contributed by atoms with Gasteiger partial charge in [0.15, 0.2) is 0 Å². The summed E-state index contributed by atoms with van der Waals surface area (Å²) in [5, 5.41) is 10.6. The third-order valence-corrected chi connectivity index (χ3v) is 3.24. The largest absolute Gasteiger partial charge is 0.465 e. The number of ether oxygens (including phenoxy) is 2. The minimum Gasteiger partial charge on any atom is -0.465 e. The summed E-state index contributed by atoms with van der Waals surface area (Å²) in [7, 11) is 1.29. The highest BCUT2D eigenvalue weighted by atomic mass is 16.6. The maximum atomic E-state index is 11.7. The molecule has 0 atom stereocenters. The van der Waals surface area contributed by atoms with Crippen LogP contribution in [0.25, 0.3) is 6.08 Å². The van der Waals surface area contributed by atoms with Crippen molar-refractivity contribution in [2.75, 3.05) is 7.11 Å². The molecule has 0 heterocycles. The number of methoxy groups -OCH3 is 1. The summed E-state index contributed by atoms with van der Waals surface area (Å²) >= 11 is 0. The summed E-state index contributed by atoms with van der Waals surface area (Å²) in [6.07, 6.45) is 2.72. The molecule has 0 saturated carbocycles. The first-order chi connectivity index (χ1) is 12.0. The van der Waals surface area contributed by atoms with E-state index >= 15 is 0 Å². The van der Waals surface area contributed by atoms with Crippen molar-refractivity contribution in [3.63, 3.8) is 0 Å². The van der Waals surface area contributed by atoms with Crippen LogP contribution in [0.15, 0.2) is 54.6 Å². The van der Waals surface area contributed by atoms with Crippen molar-refractivity contribution < 1.29 is 24.0 Å². The Morgan fingerprint density at radius 2 is 1.88 bits per heavy atom. The van der Waals surface area contributed by atoms with Gasteiger partial charge in [-0.05, 0) is 41.5 Å². The van der Waals surface area contributed by atoms with Crippen LogP contribution in [0.5, 0.6) is 0 Å². The second-order valence-corrected chi connectivity index (χ2v) is 4.98. The molecule has 2 aromatic rings. The van der Waals surface area contributed by atoms with Gasteiger partial charge in [-0.15, -0.1) is 0 Å². The summed E-state index contributed by atoms with van der Waals surface area (Å²) < 4.78 is 9.72. The Morgan fingerprint density at radius 1 is 1.16 bits per heavy atom. The number of carbonyl (C=O) groups excluding carboxylic acids is 2. The molecule has 7 nitrogen and oxygen atoms in total. The van der Waals surface area contributed by atoms with Gasteiger partial charge in [0, 0.05) is 18.2 Å². The van der Waals surface area contributed by atoms with Crippen LogP contribution < -0.4 is 0 Å². The maximum Gasteiger partial charge on any atom is 0.337 e. The quantitative estimate of drug-likeness (QED) is 0.347. The molecule has 0 fully saturated rings. The fourth-order valence-electron chi connectivity index (χ4n) is 1.98. The van der Waals surface area contributed by atoms with Gasteiger partial charge >= 0.3 is 11.9 Å². The highest BCUT2D eigenvalue weighted by Gasteiger charge is 2.07. The third kappa shape index (κ3) is 5.28. The maximum absolute atomic E-state index is 11.7. The topological polar surface area (TPSA) is 95.7 Å². The average molecular weight is 341 g/mol. The number of rotatable bonds is 6. The van der Waals surface area contributed by atoms with Gasteiger partial charge in [-0.3, -0.25) is 10.1 Å². The van der Waals surface area contributed by atoms with E-state index in [1.165, 1.54) is 43.5 Å². The summed E-state index contributed by atoms with van der Waals surface area (Å²) in [6.45, 7) is 0.00820. The zero-order valence-corrected chi connectivity index (χ0v) is 13.4. The van der Waals surface area contributed by atoms with E-state index in [4.69, 9.17) is 4.74 Å². The number of nitro benzene ring substituents is 1. The Morgan fingerprint density at radius 3 is 2.52 bits per heavy atom. The number of nitrogens with zero attached hydrogens (tertiary/aromatic N) is 1. The van der Waals surface area contributed by atoms with Gasteiger partial charge in [-0.2, -0.15) is 0 Å². The minimum atomic E-state index is -0.568. The number of non-ortho nitro benzene ring substituents is 1. The predicted molar refractivity (Wildman–Crippen MR) is 89.7 cm³/mol. The lowest BCUT2D eigenvalue weighted by molar-refractivity contribution is -0.384. The second-order valence-electron chi connectivity index (χ2n) is 4.98. The fourth-order valence-corrected chi connectivity index (χ4v) is 1.98. The number of hydrogen-bond donors (Lipinski definition) is 0. The van der Waals surface area contributed by atoms with Gasteiger partial charge < -0.3 is 9.47 Å². The molecule has 0 aliphatic carbocycles. The molecule has 0 saturated heterocycles. The molecule has 0 aliphatic heterocycles. The lowest BCUT2D eigenvalue weighted by atomic mass is 10.1. The first kappa shape index (κ1) is 17.9. The number of nitro groups is 1.